The number of alkyl carbamates (subject to hydrolysis) is 1. The smallest absolute Gasteiger partial charge is 0.407 e. The summed E-state index contributed by atoms with van der Waals surface area (Å²) >= 11 is 0. The van der Waals surface area contributed by atoms with E-state index in [1.807, 2.05) is 12.1 Å². The van der Waals surface area contributed by atoms with Gasteiger partial charge >= 0.3 is 6.09 Å². The van der Waals surface area contributed by atoms with E-state index in [-0.39, 0.29) is 11.7 Å². The molecule has 1 spiro atoms. The summed E-state index contributed by atoms with van der Waals surface area (Å²) in [6.07, 6.45) is 2.33. The first-order valence-corrected chi connectivity index (χ1v) is 5.83. The molecule has 2 aliphatic rings. The number of hydrogen-bond donors (Lipinski definition) is 1. The van der Waals surface area contributed by atoms with Crippen LogP contribution in [-0.2, 0) is 17.6 Å². The number of nitrogens with one attached hydrogen (secondary N) is 1. The van der Waals surface area contributed by atoms with E-state index in [9.17, 15) is 4.79 Å². The van der Waals surface area contributed by atoms with Crippen molar-refractivity contribution in [3.8, 4) is 5.75 Å². The molecule has 1 N–H and O–H groups in total. The van der Waals surface area contributed by atoms with Gasteiger partial charge in [-0.2, -0.15) is 0 Å². The third-order valence-corrected chi connectivity index (χ3v) is 3.64. The Hall–Kier alpha value is -1.71. The van der Waals surface area contributed by atoms with Gasteiger partial charge in [-0.3, -0.25) is 0 Å². The molecule has 1 aliphatic heterocycles. The molecule has 0 saturated carbocycles. The van der Waals surface area contributed by atoms with Gasteiger partial charge in [-0.15, -0.1) is 0 Å². The van der Waals surface area contributed by atoms with Crippen LogP contribution in [0.3, 0.4) is 0 Å². The normalized spacial score (nSPS) is 26.3. The van der Waals surface area contributed by atoms with Gasteiger partial charge < -0.3 is 14.8 Å². The first kappa shape index (κ1) is 10.4. The van der Waals surface area contributed by atoms with E-state index in [4.69, 9.17) is 9.47 Å². The predicted molar refractivity (Wildman–Crippen MR) is 62.2 cm³/mol. The highest BCUT2D eigenvalue weighted by molar-refractivity contribution is 5.70. The molecule has 4 heteroatoms. The summed E-state index contributed by atoms with van der Waals surface area (Å²) in [7, 11) is 1.66. The standard InChI is InChI=1S/C13H15NO3/c1-16-11-3-2-9-4-5-13(7-10(9)6-11)8-14-12(15)17-13/h2-3,6H,4-5,7-8H2,1H3,(H,14,15). The minimum atomic E-state index is -0.337. The van der Waals surface area contributed by atoms with E-state index in [1.165, 1.54) is 11.1 Å². The van der Waals surface area contributed by atoms with Crippen molar-refractivity contribution in [2.24, 2.45) is 0 Å². The number of aryl methyl sites for hydroxylation is 1. The van der Waals surface area contributed by atoms with Crippen LogP contribution in [0.4, 0.5) is 4.79 Å². The predicted octanol–water partition coefficient (Wildman–Crippen LogP) is 1.66. The van der Waals surface area contributed by atoms with Gasteiger partial charge in [0.1, 0.15) is 11.4 Å². The second kappa shape index (κ2) is 3.65. The highest BCUT2D eigenvalue weighted by atomic mass is 16.6. The average molecular weight is 233 g/mol. The average Bonchev–Trinajstić information content (AvgIpc) is 2.69. The summed E-state index contributed by atoms with van der Waals surface area (Å²) < 4.78 is 10.7. The molecular weight excluding hydrogens is 218 g/mol. The van der Waals surface area contributed by atoms with Crippen molar-refractivity contribution in [3.63, 3.8) is 0 Å². The van der Waals surface area contributed by atoms with Gasteiger partial charge in [-0.05, 0) is 36.1 Å². The minimum Gasteiger partial charge on any atom is -0.497 e. The molecule has 90 valence electrons. The van der Waals surface area contributed by atoms with E-state index in [2.05, 4.69) is 11.4 Å². The van der Waals surface area contributed by atoms with E-state index < -0.39 is 0 Å². The molecule has 1 amide bonds. The molecule has 0 bridgehead atoms. The number of amides is 1. The minimum absolute atomic E-state index is 0.295. The molecular formula is C13H15NO3. The van der Waals surface area contributed by atoms with Crippen molar-refractivity contribution in [2.45, 2.75) is 24.9 Å². The fourth-order valence-corrected chi connectivity index (χ4v) is 2.68. The summed E-state index contributed by atoms with van der Waals surface area (Å²) in [5, 5.41) is 2.75. The van der Waals surface area contributed by atoms with E-state index in [0.717, 1.165) is 25.0 Å². The van der Waals surface area contributed by atoms with Crippen LogP contribution in [0.2, 0.25) is 0 Å². The molecule has 1 unspecified atom stereocenters. The molecule has 17 heavy (non-hydrogen) atoms. The van der Waals surface area contributed by atoms with E-state index >= 15 is 0 Å². The number of carbonyl (C=O) groups excluding carboxylic acids is 1. The Bertz CT molecular complexity index is 472. The van der Waals surface area contributed by atoms with Gasteiger partial charge in [0.25, 0.3) is 0 Å². The third kappa shape index (κ3) is 1.73. The van der Waals surface area contributed by atoms with Gasteiger partial charge in [0.05, 0.1) is 13.7 Å². The number of ether oxygens (including phenoxy) is 2. The monoisotopic (exact) mass is 233 g/mol. The Morgan fingerprint density at radius 2 is 2.29 bits per heavy atom. The molecule has 4 nitrogen and oxygen atoms in total. The zero-order chi connectivity index (χ0) is 11.9. The van der Waals surface area contributed by atoms with Crippen LogP contribution in [0.15, 0.2) is 18.2 Å². The van der Waals surface area contributed by atoms with Gasteiger partial charge in [-0.1, -0.05) is 6.07 Å². The van der Waals surface area contributed by atoms with Gasteiger partial charge in [-0.25, -0.2) is 4.79 Å². The van der Waals surface area contributed by atoms with Crippen LogP contribution >= 0.6 is 0 Å². The molecule has 0 radical (unpaired) electrons. The summed E-state index contributed by atoms with van der Waals surface area (Å²) in [6, 6.07) is 6.13. The molecule has 1 aliphatic carbocycles. The molecule has 1 atom stereocenters. The Labute approximate surface area is 99.9 Å². The molecule has 1 saturated heterocycles. The largest absolute Gasteiger partial charge is 0.497 e. The lowest BCUT2D eigenvalue weighted by atomic mass is 9.80. The lowest BCUT2D eigenvalue weighted by molar-refractivity contribution is 0.0454. The maximum atomic E-state index is 11.2. The Morgan fingerprint density at radius 1 is 1.41 bits per heavy atom. The lowest BCUT2D eigenvalue weighted by Gasteiger charge is -2.32. The molecule has 1 fully saturated rings. The van der Waals surface area contributed by atoms with Crippen LogP contribution in [0, 0.1) is 0 Å². The van der Waals surface area contributed by atoms with E-state index in [0.29, 0.717) is 6.54 Å². The summed E-state index contributed by atoms with van der Waals surface area (Å²) in [6.45, 7) is 0.614. The third-order valence-electron chi connectivity index (χ3n) is 3.64. The number of fused-ring (bicyclic) bond motifs is 1. The van der Waals surface area contributed by atoms with Crippen molar-refractivity contribution >= 4 is 6.09 Å². The zero-order valence-corrected chi connectivity index (χ0v) is 9.79. The lowest BCUT2D eigenvalue weighted by Crippen LogP contribution is -2.39. The number of carbonyl (C=O) groups is 1. The van der Waals surface area contributed by atoms with Crippen LogP contribution in [0.5, 0.6) is 5.75 Å². The fourth-order valence-electron chi connectivity index (χ4n) is 2.68. The van der Waals surface area contributed by atoms with Crippen molar-refractivity contribution < 1.29 is 14.3 Å². The van der Waals surface area contributed by atoms with Crippen LogP contribution in [0.1, 0.15) is 17.5 Å². The maximum Gasteiger partial charge on any atom is 0.407 e. The quantitative estimate of drug-likeness (QED) is 0.802. The fraction of sp³-hybridized carbons (Fsp3) is 0.462. The Kier molecular flexibility index (Phi) is 2.24. The summed E-state index contributed by atoms with van der Waals surface area (Å²) in [5.74, 6) is 0.859. The van der Waals surface area contributed by atoms with Crippen LogP contribution in [-0.4, -0.2) is 25.3 Å². The SMILES string of the molecule is COc1ccc2c(c1)CC1(CC2)CNC(=O)O1. The molecule has 1 heterocycles. The number of methoxy groups -OCH3 is 1. The van der Waals surface area contributed by atoms with Crippen LogP contribution in [0.25, 0.3) is 0 Å². The number of hydrogen-bond acceptors (Lipinski definition) is 3. The first-order chi connectivity index (χ1) is 8.21. The summed E-state index contributed by atoms with van der Waals surface area (Å²) in [5.41, 5.74) is 2.22. The Balaban J connectivity index is 1.91. The second-order valence-corrected chi connectivity index (χ2v) is 4.74. The van der Waals surface area contributed by atoms with Crippen LogP contribution < -0.4 is 10.1 Å². The second-order valence-electron chi connectivity index (χ2n) is 4.74. The number of benzene rings is 1. The van der Waals surface area contributed by atoms with Gasteiger partial charge in [0, 0.05) is 6.42 Å². The molecule has 1 aromatic carbocycles. The molecule has 3 rings (SSSR count). The zero-order valence-electron chi connectivity index (χ0n) is 9.79. The van der Waals surface area contributed by atoms with Gasteiger partial charge in [0.15, 0.2) is 0 Å². The van der Waals surface area contributed by atoms with Crippen molar-refractivity contribution in [3.05, 3.63) is 29.3 Å². The van der Waals surface area contributed by atoms with Crippen molar-refractivity contribution in [1.29, 1.82) is 0 Å². The van der Waals surface area contributed by atoms with Crippen molar-refractivity contribution in [1.82, 2.24) is 5.32 Å². The van der Waals surface area contributed by atoms with Crippen molar-refractivity contribution in [2.75, 3.05) is 13.7 Å². The highest BCUT2D eigenvalue weighted by Crippen LogP contribution is 2.35. The van der Waals surface area contributed by atoms with E-state index in [1.54, 1.807) is 7.11 Å². The first-order valence-electron chi connectivity index (χ1n) is 5.83. The number of rotatable bonds is 1. The summed E-state index contributed by atoms with van der Waals surface area (Å²) in [4.78, 5) is 11.2. The Morgan fingerprint density at radius 3 is 3.00 bits per heavy atom. The molecule has 0 aromatic heterocycles. The topological polar surface area (TPSA) is 47.6 Å². The molecule has 1 aromatic rings. The maximum absolute atomic E-state index is 11.2. The highest BCUT2D eigenvalue weighted by Gasteiger charge is 2.42. The van der Waals surface area contributed by atoms with Gasteiger partial charge in [0.2, 0.25) is 0 Å².